The summed E-state index contributed by atoms with van der Waals surface area (Å²) in [7, 11) is 0. The maximum absolute atomic E-state index is 11.5. The Hall–Kier alpha value is -1.52. The van der Waals surface area contributed by atoms with Gasteiger partial charge in [0.05, 0.1) is 6.20 Å². The molecule has 0 aliphatic heterocycles. The van der Waals surface area contributed by atoms with Gasteiger partial charge in [0.25, 0.3) is 5.91 Å². The lowest BCUT2D eigenvalue weighted by molar-refractivity contribution is 0.0920. The van der Waals surface area contributed by atoms with Crippen molar-refractivity contribution in [3.05, 3.63) is 11.8 Å². The number of nitrogens with zero attached hydrogens (tertiary/aromatic N) is 1. The van der Waals surface area contributed by atoms with Crippen molar-refractivity contribution in [2.75, 3.05) is 5.73 Å². The Kier molecular flexibility index (Phi) is 2.27. The first-order valence-electron chi connectivity index (χ1n) is 3.93. The van der Waals surface area contributed by atoms with Crippen LogP contribution >= 0.6 is 0 Å². The summed E-state index contributed by atoms with van der Waals surface area (Å²) in [6.07, 6.45) is 1.30. The second-order valence-electron chi connectivity index (χ2n) is 3.81. The molecule has 1 rings (SSSR count). The van der Waals surface area contributed by atoms with Crippen LogP contribution in [-0.2, 0) is 0 Å². The fourth-order valence-corrected chi connectivity index (χ4v) is 0.827. The summed E-state index contributed by atoms with van der Waals surface area (Å²) in [4.78, 5) is 11.5. The molecule has 0 radical (unpaired) electrons. The van der Waals surface area contributed by atoms with E-state index in [0.29, 0.717) is 0 Å². The van der Waals surface area contributed by atoms with Gasteiger partial charge in [0, 0.05) is 5.54 Å². The highest BCUT2D eigenvalue weighted by molar-refractivity contribution is 5.98. The van der Waals surface area contributed by atoms with Crippen molar-refractivity contribution < 1.29 is 9.32 Å². The van der Waals surface area contributed by atoms with E-state index < -0.39 is 0 Å². The summed E-state index contributed by atoms with van der Waals surface area (Å²) in [5.41, 5.74) is 5.35. The van der Waals surface area contributed by atoms with Gasteiger partial charge in [0.1, 0.15) is 5.56 Å². The van der Waals surface area contributed by atoms with Crippen LogP contribution in [0.25, 0.3) is 0 Å². The van der Waals surface area contributed by atoms with Crippen LogP contribution < -0.4 is 11.1 Å². The molecule has 1 aromatic heterocycles. The average Bonchev–Trinajstić information content (AvgIpc) is 2.30. The Labute approximate surface area is 76.3 Å². The zero-order chi connectivity index (χ0) is 10.1. The lowest BCUT2D eigenvalue weighted by atomic mass is 10.1. The summed E-state index contributed by atoms with van der Waals surface area (Å²) >= 11 is 0. The first kappa shape index (κ1) is 9.57. The van der Waals surface area contributed by atoms with Crippen molar-refractivity contribution in [2.24, 2.45) is 0 Å². The quantitative estimate of drug-likeness (QED) is 0.674. The van der Waals surface area contributed by atoms with Gasteiger partial charge in [0.2, 0.25) is 5.88 Å². The Bertz CT molecular complexity index is 311. The van der Waals surface area contributed by atoms with Crippen molar-refractivity contribution in [3.8, 4) is 0 Å². The van der Waals surface area contributed by atoms with Gasteiger partial charge in [-0.1, -0.05) is 5.16 Å². The Morgan fingerprint density at radius 2 is 2.23 bits per heavy atom. The van der Waals surface area contributed by atoms with E-state index in [9.17, 15) is 4.79 Å². The van der Waals surface area contributed by atoms with Crippen LogP contribution in [0.2, 0.25) is 0 Å². The molecule has 0 fully saturated rings. The molecule has 3 N–H and O–H groups in total. The lowest BCUT2D eigenvalue weighted by Gasteiger charge is -2.19. The molecule has 0 saturated heterocycles. The number of carbonyl (C=O) groups excluding carboxylic acids is 1. The van der Waals surface area contributed by atoms with E-state index in [0.717, 1.165) is 0 Å². The molecule has 1 aromatic rings. The second kappa shape index (κ2) is 3.08. The average molecular weight is 183 g/mol. The first-order valence-corrected chi connectivity index (χ1v) is 3.93. The maximum Gasteiger partial charge on any atom is 0.258 e. The third-order valence-corrected chi connectivity index (χ3v) is 1.33. The largest absolute Gasteiger partial charge is 0.367 e. The van der Waals surface area contributed by atoms with E-state index in [2.05, 4.69) is 15.0 Å². The lowest BCUT2D eigenvalue weighted by Crippen LogP contribution is -2.40. The van der Waals surface area contributed by atoms with Gasteiger partial charge in [0.15, 0.2) is 0 Å². The molecule has 0 aliphatic carbocycles. The van der Waals surface area contributed by atoms with Gasteiger partial charge in [-0.2, -0.15) is 0 Å². The summed E-state index contributed by atoms with van der Waals surface area (Å²) in [5.74, 6) is -0.229. The molecule has 0 unspecified atom stereocenters. The van der Waals surface area contributed by atoms with Crippen LogP contribution in [0.15, 0.2) is 10.7 Å². The molecule has 1 heterocycles. The molecule has 72 valence electrons. The fourth-order valence-electron chi connectivity index (χ4n) is 0.827. The number of hydrogen-bond donors (Lipinski definition) is 2. The third-order valence-electron chi connectivity index (χ3n) is 1.33. The summed E-state index contributed by atoms with van der Waals surface area (Å²) in [6.45, 7) is 5.65. The highest BCUT2D eigenvalue weighted by atomic mass is 16.5. The molecule has 0 aromatic carbocycles. The van der Waals surface area contributed by atoms with Gasteiger partial charge in [-0.25, -0.2) is 0 Å². The van der Waals surface area contributed by atoms with Crippen molar-refractivity contribution in [1.29, 1.82) is 0 Å². The third kappa shape index (κ3) is 2.47. The van der Waals surface area contributed by atoms with Crippen LogP contribution in [0.3, 0.4) is 0 Å². The van der Waals surface area contributed by atoms with Crippen molar-refractivity contribution >= 4 is 11.8 Å². The highest BCUT2D eigenvalue weighted by Gasteiger charge is 2.19. The van der Waals surface area contributed by atoms with E-state index in [1.165, 1.54) is 6.20 Å². The fraction of sp³-hybridized carbons (Fsp3) is 0.500. The number of nitrogens with one attached hydrogen (secondary N) is 1. The van der Waals surface area contributed by atoms with Gasteiger partial charge in [-0.15, -0.1) is 0 Å². The minimum atomic E-state index is -0.291. The predicted octanol–water partition coefficient (Wildman–Crippen LogP) is 0.785. The molecule has 0 spiro atoms. The number of hydrogen-bond acceptors (Lipinski definition) is 4. The monoisotopic (exact) mass is 183 g/mol. The number of nitrogen functional groups attached to an aromatic ring is 1. The number of aromatic nitrogens is 1. The molecule has 1 amide bonds. The minimum Gasteiger partial charge on any atom is -0.367 e. The predicted molar refractivity (Wildman–Crippen MR) is 48.1 cm³/mol. The van der Waals surface area contributed by atoms with Gasteiger partial charge < -0.3 is 15.6 Å². The number of rotatable bonds is 1. The standard InChI is InChI=1S/C8H13N3O2/c1-8(2,3)11-7(12)5-4-10-13-6(5)9/h4H,9H2,1-3H3,(H,11,12). The molecular formula is C8H13N3O2. The summed E-state index contributed by atoms with van der Waals surface area (Å²) in [6, 6.07) is 0. The molecule has 0 aliphatic rings. The first-order chi connectivity index (χ1) is 5.90. The zero-order valence-electron chi connectivity index (χ0n) is 7.92. The Morgan fingerprint density at radius 3 is 2.62 bits per heavy atom. The zero-order valence-corrected chi connectivity index (χ0v) is 7.92. The van der Waals surface area contributed by atoms with Crippen LogP contribution in [-0.4, -0.2) is 16.6 Å². The topological polar surface area (TPSA) is 81.2 Å². The van der Waals surface area contributed by atoms with Crippen LogP contribution in [0, 0.1) is 0 Å². The van der Waals surface area contributed by atoms with Crippen molar-refractivity contribution in [2.45, 2.75) is 26.3 Å². The van der Waals surface area contributed by atoms with Crippen LogP contribution in [0.4, 0.5) is 5.88 Å². The SMILES string of the molecule is CC(C)(C)NC(=O)c1cnoc1N. The van der Waals surface area contributed by atoms with E-state index in [1.807, 2.05) is 20.8 Å². The summed E-state index contributed by atoms with van der Waals surface area (Å²) < 4.78 is 4.57. The van der Waals surface area contributed by atoms with E-state index in [1.54, 1.807) is 0 Å². The van der Waals surface area contributed by atoms with E-state index in [-0.39, 0.29) is 22.9 Å². The molecule has 0 bridgehead atoms. The van der Waals surface area contributed by atoms with Gasteiger partial charge in [-0.3, -0.25) is 4.79 Å². The smallest absolute Gasteiger partial charge is 0.258 e. The molecule has 13 heavy (non-hydrogen) atoms. The molecule has 5 nitrogen and oxygen atoms in total. The molecule has 0 saturated carbocycles. The molecule has 5 heteroatoms. The number of nitrogens with two attached hydrogens (primary N) is 1. The van der Waals surface area contributed by atoms with Gasteiger partial charge >= 0.3 is 0 Å². The molecule has 0 atom stereocenters. The maximum atomic E-state index is 11.5. The highest BCUT2D eigenvalue weighted by Crippen LogP contribution is 2.11. The van der Waals surface area contributed by atoms with Crippen molar-refractivity contribution in [1.82, 2.24) is 10.5 Å². The second-order valence-corrected chi connectivity index (χ2v) is 3.81. The molecular weight excluding hydrogens is 170 g/mol. The number of anilines is 1. The Balaban J connectivity index is 2.76. The number of carbonyl (C=O) groups is 1. The number of amides is 1. The van der Waals surface area contributed by atoms with Crippen molar-refractivity contribution in [3.63, 3.8) is 0 Å². The normalized spacial score (nSPS) is 11.3. The summed E-state index contributed by atoms with van der Waals surface area (Å²) in [5, 5.41) is 6.16. The van der Waals surface area contributed by atoms with Crippen LogP contribution in [0.5, 0.6) is 0 Å². The van der Waals surface area contributed by atoms with Crippen LogP contribution in [0.1, 0.15) is 31.1 Å². The van der Waals surface area contributed by atoms with E-state index in [4.69, 9.17) is 5.73 Å². The minimum absolute atomic E-state index is 0.0433. The Morgan fingerprint density at radius 1 is 1.62 bits per heavy atom. The van der Waals surface area contributed by atoms with E-state index >= 15 is 0 Å². The van der Waals surface area contributed by atoms with Gasteiger partial charge in [-0.05, 0) is 20.8 Å².